The Hall–Kier alpha value is -2.70. The van der Waals surface area contributed by atoms with Gasteiger partial charge in [-0.25, -0.2) is 0 Å². The summed E-state index contributed by atoms with van der Waals surface area (Å²) in [6.45, 7) is 4.03. The zero-order chi connectivity index (χ0) is 22.9. The molecule has 2 aromatic carbocycles. The van der Waals surface area contributed by atoms with Gasteiger partial charge >= 0.3 is 0 Å². The SMILES string of the molecule is O=C(C[C@@H](NC(=O)c1ccccc1)c1ccccc1)NCC1(N2CCOCC2)CCCCC1. The Balaban J connectivity index is 1.42. The highest BCUT2D eigenvalue weighted by atomic mass is 16.5. The summed E-state index contributed by atoms with van der Waals surface area (Å²) in [5.74, 6) is -0.204. The molecule has 1 aliphatic carbocycles. The molecule has 1 saturated heterocycles. The number of rotatable bonds is 8. The molecule has 2 aliphatic rings. The summed E-state index contributed by atoms with van der Waals surface area (Å²) in [5.41, 5.74) is 1.54. The molecule has 0 bridgehead atoms. The highest BCUT2D eigenvalue weighted by Gasteiger charge is 2.39. The van der Waals surface area contributed by atoms with Crippen LogP contribution in [-0.2, 0) is 9.53 Å². The van der Waals surface area contributed by atoms with Gasteiger partial charge in [0.15, 0.2) is 0 Å². The van der Waals surface area contributed by atoms with Crippen LogP contribution in [0, 0.1) is 0 Å². The van der Waals surface area contributed by atoms with Gasteiger partial charge in [-0.2, -0.15) is 0 Å². The summed E-state index contributed by atoms with van der Waals surface area (Å²) >= 11 is 0. The van der Waals surface area contributed by atoms with E-state index in [2.05, 4.69) is 15.5 Å². The van der Waals surface area contributed by atoms with Crippen LogP contribution in [0.4, 0.5) is 0 Å². The lowest BCUT2D eigenvalue weighted by Gasteiger charge is -2.48. The van der Waals surface area contributed by atoms with E-state index in [0.717, 1.165) is 44.7 Å². The molecule has 2 amide bonds. The number of morpholine rings is 1. The summed E-state index contributed by atoms with van der Waals surface area (Å²) in [7, 11) is 0. The van der Waals surface area contributed by atoms with Crippen LogP contribution < -0.4 is 10.6 Å². The first kappa shape index (κ1) is 23.5. The standard InChI is InChI=1S/C27H35N3O3/c31-25(28-21-27(14-8-3-9-15-27)30-16-18-33-19-17-30)20-24(22-10-4-1-5-11-22)29-26(32)23-12-6-2-7-13-23/h1-2,4-7,10-13,24H,3,8-9,14-21H2,(H,28,31)(H,29,32)/t24-/m1/s1. The Morgan fingerprint density at radius 3 is 2.21 bits per heavy atom. The first-order valence-corrected chi connectivity index (χ1v) is 12.2. The summed E-state index contributed by atoms with van der Waals surface area (Å²) in [6.07, 6.45) is 6.10. The fourth-order valence-corrected chi connectivity index (χ4v) is 5.14. The quantitative estimate of drug-likeness (QED) is 0.645. The van der Waals surface area contributed by atoms with Crippen molar-refractivity contribution in [2.24, 2.45) is 0 Å². The molecule has 0 unspecified atom stereocenters. The van der Waals surface area contributed by atoms with Crippen LogP contribution in [0.3, 0.4) is 0 Å². The van der Waals surface area contributed by atoms with Crippen molar-refractivity contribution in [2.75, 3.05) is 32.8 Å². The highest BCUT2D eigenvalue weighted by Crippen LogP contribution is 2.34. The zero-order valence-corrected chi connectivity index (χ0v) is 19.3. The number of carbonyl (C=O) groups is 2. The van der Waals surface area contributed by atoms with Crippen LogP contribution in [-0.4, -0.2) is 55.1 Å². The average molecular weight is 450 g/mol. The average Bonchev–Trinajstić information content (AvgIpc) is 2.89. The number of amides is 2. The predicted molar refractivity (Wildman–Crippen MR) is 129 cm³/mol. The molecule has 2 N–H and O–H groups in total. The van der Waals surface area contributed by atoms with Crippen LogP contribution in [0.2, 0.25) is 0 Å². The molecular formula is C27H35N3O3. The van der Waals surface area contributed by atoms with Crippen LogP contribution in [0.1, 0.15) is 60.5 Å². The number of nitrogens with one attached hydrogen (secondary N) is 2. The van der Waals surface area contributed by atoms with Gasteiger partial charge in [-0.3, -0.25) is 14.5 Å². The van der Waals surface area contributed by atoms with Gasteiger partial charge in [0.1, 0.15) is 0 Å². The fourth-order valence-electron chi connectivity index (χ4n) is 5.14. The molecule has 0 spiro atoms. The van der Waals surface area contributed by atoms with Crippen LogP contribution in [0.5, 0.6) is 0 Å². The maximum Gasteiger partial charge on any atom is 0.251 e. The smallest absolute Gasteiger partial charge is 0.251 e. The number of hydrogen-bond donors (Lipinski definition) is 2. The number of nitrogens with zero attached hydrogens (tertiary/aromatic N) is 1. The molecule has 2 aromatic rings. The Morgan fingerprint density at radius 2 is 1.55 bits per heavy atom. The minimum atomic E-state index is -0.385. The molecular weight excluding hydrogens is 414 g/mol. The Morgan fingerprint density at radius 1 is 0.909 bits per heavy atom. The second kappa shape index (κ2) is 11.4. The van der Waals surface area contributed by atoms with Crippen LogP contribution in [0.25, 0.3) is 0 Å². The van der Waals surface area contributed by atoms with Gasteiger partial charge in [0.25, 0.3) is 5.91 Å². The fraction of sp³-hybridized carbons (Fsp3) is 0.481. The van der Waals surface area contributed by atoms with Crippen LogP contribution >= 0.6 is 0 Å². The van der Waals surface area contributed by atoms with Crippen molar-refractivity contribution in [3.8, 4) is 0 Å². The van der Waals surface area contributed by atoms with Crippen molar-refractivity contribution >= 4 is 11.8 Å². The predicted octanol–water partition coefficient (Wildman–Crippen LogP) is 3.70. The van der Waals surface area contributed by atoms with E-state index < -0.39 is 0 Å². The van der Waals surface area contributed by atoms with Gasteiger partial charge < -0.3 is 15.4 Å². The summed E-state index contributed by atoms with van der Waals surface area (Å²) in [5, 5.41) is 6.30. The first-order valence-electron chi connectivity index (χ1n) is 12.2. The number of hydrogen-bond acceptors (Lipinski definition) is 4. The lowest BCUT2D eigenvalue weighted by atomic mass is 9.79. The Kier molecular flexibility index (Phi) is 8.13. The monoisotopic (exact) mass is 449 g/mol. The van der Waals surface area contributed by atoms with Crippen molar-refractivity contribution < 1.29 is 14.3 Å². The second-order valence-electron chi connectivity index (χ2n) is 9.17. The molecule has 0 aromatic heterocycles. The van der Waals surface area contributed by atoms with E-state index in [0.29, 0.717) is 12.1 Å². The van der Waals surface area contributed by atoms with Gasteiger partial charge in [-0.1, -0.05) is 67.8 Å². The third kappa shape index (κ3) is 6.21. The number of benzene rings is 2. The molecule has 1 atom stereocenters. The topological polar surface area (TPSA) is 70.7 Å². The molecule has 33 heavy (non-hydrogen) atoms. The molecule has 0 radical (unpaired) electrons. The maximum atomic E-state index is 13.1. The minimum absolute atomic E-state index is 0.0211. The van der Waals surface area contributed by atoms with Crippen molar-refractivity contribution in [3.05, 3.63) is 71.8 Å². The highest BCUT2D eigenvalue weighted by molar-refractivity contribution is 5.94. The number of carbonyl (C=O) groups excluding carboxylic acids is 2. The summed E-state index contributed by atoms with van der Waals surface area (Å²) in [6, 6.07) is 18.5. The molecule has 6 heteroatoms. The molecule has 1 saturated carbocycles. The van der Waals surface area contributed by atoms with Gasteiger partial charge in [0.05, 0.1) is 25.7 Å². The van der Waals surface area contributed by atoms with E-state index in [1.807, 2.05) is 48.5 Å². The van der Waals surface area contributed by atoms with Crippen molar-refractivity contribution in [2.45, 2.75) is 50.1 Å². The third-order valence-corrected chi connectivity index (χ3v) is 7.01. The van der Waals surface area contributed by atoms with E-state index in [-0.39, 0.29) is 29.8 Å². The lowest BCUT2D eigenvalue weighted by molar-refractivity contribution is -0.122. The Bertz CT molecular complexity index is 891. The van der Waals surface area contributed by atoms with E-state index in [1.165, 1.54) is 19.3 Å². The zero-order valence-electron chi connectivity index (χ0n) is 19.3. The summed E-state index contributed by atoms with van der Waals surface area (Å²) < 4.78 is 5.57. The van der Waals surface area contributed by atoms with Gasteiger partial charge in [-0.05, 0) is 30.5 Å². The first-order chi connectivity index (χ1) is 16.2. The van der Waals surface area contributed by atoms with Crippen molar-refractivity contribution in [3.63, 3.8) is 0 Å². The molecule has 2 fully saturated rings. The third-order valence-electron chi connectivity index (χ3n) is 7.01. The van der Waals surface area contributed by atoms with E-state index in [1.54, 1.807) is 12.1 Å². The summed E-state index contributed by atoms with van der Waals surface area (Å²) in [4.78, 5) is 28.4. The minimum Gasteiger partial charge on any atom is -0.379 e. The second-order valence-corrected chi connectivity index (χ2v) is 9.17. The Labute approximate surface area is 196 Å². The molecule has 1 heterocycles. The van der Waals surface area contributed by atoms with E-state index in [4.69, 9.17) is 4.74 Å². The molecule has 6 nitrogen and oxygen atoms in total. The van der Waals surface area contributed by atoms with E-state index in [9.17, 15) is 9.59 Å². The van der Waals surface area contributed by atoms with Gasteiger partial charge in [0.2, 0.25) is 5.91 Å². The number of ether oxygens (including phenoxy) is 1. The molecule has 176 valence electrons. The van der Waals surface area contributed by atoms with Gasteiger partial charge in [-0.15, -0.1) is 0 Å². The van der Waals surface area contributed by atoms with Crippen molar-refractivity contribution in [1.29, 1.82) is 0 Å². The maximum absolute atomic E-state index is 13.1. The van der Waals surface area contributed by atoms with E-state index >= 15 is 0 Å². The largest absolute Gasteiger partial charge is 0.379 e. The van der Waals surface area contributed by atoms with Crippen molar-refractivity contribution in [1.82, 2.24) is 15.5 Å². The lowest BCUT2D eigenvalue weighted by Crippen LogP contribution is -2.59. The molecule has 4 rings (SSSR count). The van der Waals surface area contributed by atoms with Crippen LogP contribution in [0.15, 0.2) is 60.7 Å². The van der Waals surface area contributed by atoms with Gasteiger partial charge in [0, 0.05) is 30.7 Å². The normalized spacial score (nSPS) is 19.4. The molecule has 1 aliphatic heterocycles.